The lowest BCUT2D eigenvalue weighted by atomic mass is 10.2. The summed E-state index contributed by atoms with van der Waals surface area (Å²) >= 11 is 0. The molecule has 29 heavy (non-hydrogen) atoms. The summed E-state index contributed by atoms with van der Waals surface area (Å²) in [5, 5.41) is 13.0. The first-order valence-electron chi connectivity index (χ1n) is 9.80. The van der Waals surface area contributed by atoms with Crippen molar-refractivity contribution >= 4 is 22.5 Å². The van der Waals surface area contributed by atoms with Crippen molar-refractivity contribution in [2.24, 2.45) is 0 Å². The Bertz CT molecular complexity index is 1170. The number of carbonyl (C=O) groups excluding carboxylic acids is 1. The Morgan fingerprint density at radius 1 is 1.03 bits per heavy atom. The Kier molecular flexibility index (Phi) is 5.16. The molecule has 148 valence electrons. The van der Waals surface area contributed by atoms with E-state index in [0.717, 1.165) is 33.5 Å². The van der Waals surface area contributed by atoms with Gasteiger partial charge >= 0.3 is 0 Å². The van der Waals surface area contributed by atoms with Gasteiger partial charge in [-0.3, -0.25) is 14.2 Å². The topological polar surface area (TPSA) is 64.7 Å². The molecule has 0 fully saturated rings. The van der Waals surface area contributed by atoms with Crippen LogP contribution in [0.4, 0.5) is 5.69 Å². The smallest absolute Gasteiger partial charge is 0.226 e. The van der Waals surface area contributed by atoms with Gasteiger partial charge in [0.2, 0.25) is 5.91 Å². The van der Waals surface area contributed by atoms with Crippen molar-refractivity contribution in [3.63, 3.8) is 0 Å². The molecule has 0 aliphatic carbocycles. The summed E-state index contributed by atoms with van der Waals surface area (Å²) in [7, 11) is 0. The van der Waals surface area contributed by atoms with Crippen molar-refractivity contribution in [3.05, 3.63) is 77.2 Å². The monoisotopic (exact) mass is 387 g/mol. The number of anilines is 1. The first kappa shape index (κ1) is 18.9. The van der Waals surface area contributed by atoms with Gasteiger partial charge in [0.25, 0.3) is 0 Å². The van der Waals surface area contributed by atoms with Crippen LogP contribution in [0.25, 0.3) is 10.9 Å². The third-order valence-electron chi connectivity index (χ3n) is 5.00. The van der Waals surface area contributed by atoms with Crippen LogP contribution in [0.3, 0.4) is 0 Å². The van der Waals surface area contributed by atoms with Gasteiger partial charge in [-0.15, -0.1) is 0 Å². The predicted molar refractivity (Wildman–Crippen MR) is 115 cm³/mol. The maximum absolute atomic E-state index is 12.5. The molecule has 0 unspecified atom stereocenters. The van der Waals surface area contributed by atoms with E-state index in [-0.39, 0.29) is 5.91 Å². The molecule has 2 heterocycles. The molecular weight excluding hydrogens is 362 g/mol. The molecule has 1 N–H and O–H groups in total. The molecule has 0 saturated carbocycles. The van der Waals surface area contributed by atoms with Gasteiger partial charge < -0.3 is 5.32 Å². The van der Waals surface area contributed by atoms with Crippen LogP contribution in [-0.4, -0.2) is 25.5 Å². The van der Waals surface area contributed by atoms with Crippen LogP contribution in [0, 0.1) is 20.8 Å². The number of hydrogen-bond acceptors (Lipinski definition) is 3. The number of amides is 1. The molecular formula is C23H25N5O. The second-order valence-electron chi connectivity index (χ2n) is 7.51. The zero-order chi connectivity index (χ0) is 20.4. The molecule has 2 aromatic carbocycles. The average molecular weight is 387 g/mol. The molecule has 0 atom stereocenters. The molecule has 0 radical (unpaired) electrons. The van der Waals surface area contributed by atoms with Crippen LogP contribution in [0.15, 0.2) is 54.7 Å². The number of nitrogens with zero attached hydrogens (tertiary/aromatic N) is 4. The Balaban J connectivity index is 1.39. The minimum Gasteiger partial charge on any atom is -0.326 e. The molecule has 0 bridgehead atoms. The van der Waals surface area contributed by atoms with E-state index in [1.54, 1.807) is 0 Å². The summed E-state index contributed by atoms with van der Waals surface area (Å²) in [4.78, 5) is 12.5. The van der Waals surface area contributed by atoms with E-state index in [1.807, 2.05) is 53.7 Å². The van der Waals surface area contributed by atoms with E-state index in [1.165, 1.54) is 5.56 Å². The lowest BCUT2D eigenvalue weighted by molar-refractivity contribution is -0.116. The van der Waals surface area contributed by atoms with E-state index in [0.29, 0.717) is 19.5 Å². The minimum absolute atomic E-state index is 0.0235. The Morgan fingerprint density at radius 3 is 2.69 bits per heavy atom. The van der Waals surface area contributed by atoms with E-state index < -0.39 is 0 Å². The second-order valence-corrected chi connectivity index (χ2v) is 7.51. The zero-order valence-corrected chi connectivity index (χ0v) is 17.0. The summed E-state index contributed by atoms with van der Waals surface area (Å²) in [6.07, 6.45) is 2.21. The van der Waals surface area contributed by atoms with Crippen LogP contribution in [0.5, 0.6) is 0 Å². The molecule has 4 rings (SSSR count). The standard InChI is InChI=1S/C23H25N5O/c1-16-7-8-20-14-24-27(22(20)11-16)10-9-23(29)25-21-6-4-5-19(13-21)15-28-18(3)12-17(2)26-28/h4-8,11-14H,9-10,15H2,1-3H3,(H,25,29). The lowest BCUT2D eigenvalue weighted by Gasteiger charge is -2.09. The van der Waals surface area contributed by atoms with Gasteiger partial charge in [0, 0.05) is 23.2 Å². The zero-order valence-electron chi connectivity index (χ0n) is 17.0. The summed E-state index contributed by atoms with van der Waals surface area (Å²) < 4.78 is 3.86. The van der Waals surface area contributed by atoms with E-state index in [9.17, 15) is 4.79 Å². The second kappa shape index (κ2) is 7.91. The van der Waals surface area contributed by atoms with Crippen molar-refractivity contribution in [1.29, 1.82) is 0 Å². The summed E-state index contributed by atoms with van der Waals surface area (Å²) in [6.45, 7) is 7.32. The molecule has 4 aromatic rings. The number of fused-ring (bicyclic) bond motifs is 1. The Hall–Kier alpha value is -3.41. The number of rotatable bonds is 6. The van der Waals surface area contributed by atoms with Crippen molar-refractivity contribution in [3.8, 4) is 0 Å². The lowest BCUT2D eigenvalue weighted by Crippen LogP contribution is -2.15. The third-order valence-corrected chi connectivity index (χ3v) is 5.00. The van der Waals surface area contributed by atoms with Gasteiger partial charge in [0.15, 0.2) is 0 Å². The highest BCUT2D eigenvalue weighted by molar-refractivity contribution is 5.90. The number of hydrogen-bond donors (Lipinski definition) is 1. The maximum atomic E-state index is 12.5. The molecule has 1 amide bonds. The number of benzene rings is 2. The van der Waals surface area contributed by atoms with Crippen molar-refractivity contribution in [2.75, 3.05) is 5.32 Å². The molecule has 6 nitrogen and oxygen atoms in total. The van der Waals surface area contributed by atoms with Crippen LogP contribution >= 0.6 is 0 Å². The molecule has 6 heteroatoms. The van der Waals surface area contributed by atoms with E-state index >= 15 is 0 Å². The van der Waals surface area contributed by atoms with Crippen LogP contribution < -0.4 is 5.32 Å². The van der Waals surface area contributed by atoms with E-state index in [4.69, 9.17) is 0 Å². The number of nitrogens with one attached hydrogen (secondary N) is 1. The molecule has 2 aromatic heterocycles. The van der Waals surface area contributed by atoms with E-state index in [2.05, 4.69) is 46.7 Å². The van der Waals surface area contributed by atoms with Gasteiger partial charge in [-0.25, -0.2) is 0 Å². The highest BCUT2D eigenvalue weighted by Gasteiger charge is 2.08. The Morgan fingerprint density at radius 2 is 1.90 bits per heavy atom. The van der Waals surface area contributed by atoms with Gasteiger partial charge in [0.05, 0.1) is 30.5 Å². The summed E-state index contributed by atoms with van der Waals surface area (Å²) in [5.41, 5.74) is 6.28. The Labute approximate surface area is 170 Å². The first-order chi connectivity index (χ1) is 14.0. The summed E-state index contributed by atoms with van der Waals surface area (Å²) in [6, 6.07) is 16.2. The van der Waals surface area contributed by atoms with Crippen LogP contribution in [-0.2, 0) is 17.9 Å². The SMILES string of the molecule is Cc1ccc2cnn(CCC(=O)Nc3cccc(Cn4nc(C)cc4C)c3)c2c1. The van der Waals surface area contributed by atoms with Crippen molar-refractivity contribution < 1.29 is 4.79 Å². The fourth-order valence-corrected chi connectivity index (χ4v) is 3.55. The normalized spacial score (nSPS) is 11.1. The number of aromatic nitrogens is 4. The fourth-order valence-electron chi connectivity index (χ4n) is 3.55. The quantitative estimate of drug-likeness (QED) is 0.538. The van der Waals surface area contributed by atoms with Gasteiger partial charge in [-0.2, -0.15) is 10.2 Å². The highest BCUT2D eigenvalue weighted by Crippen LogP contribution is 2.17. The van der Waals surface area contributed by atoms with Gasteiger partial charge in [-0.1, -0.05) is 24.3 Å². The van der Waals surface area contributed by atoms with Gasteiger partial charge in [-0.05, 0) is 56.2 Å². The maximum Gasteiger partial charge on any atom is 0.226 e. The summed E-state index contributed by atoms with van der Waals surface area (Å²) in [5.74, 6) is -0.0235. The fraction of sp³-hybridized carbons (Fsp3) is 0.261. The molecule has 0 saturated heterocycles. The van der Waals surface area contributed by atoms with Crippen molar-refractivity contribution in [1.82, 2.24) is 19.6 Å². The first-order valence-corrected chi connectivity index (χ1v) is 9.80. The molecule has 0 aliphatic rings. The molecule has 0 spiro atoms. The minimum atomic E-state index is -0.0235. The molecule has 0 aliphatic heterocycles. The highest BCUT2D eigenvalue weighted by atomic mass is 16.1. The average Bonchev–Trinajstić information content (AvgIpc) is 3.22. The third kappa shape index (κ3) is 4.37. The van der Waals surface area contributed by atoms with Crippen LogP contribution in [0.2, 0.25) is 0 Å². The van der Waals surface area contributed by atoms with Crippen molar-refractivity contribution in [2.45, 2.75) is 40.3 Å². The number of aryl methyl sites for hydroxylation is 4. The predicted octanol–water partition coefficient (Wildman–Crippen LogP) is 4.24. The number of carbonyl (C=O) groups is 1. The van der Waals surface area contributed by atoms with Gasteiger partial charge in [0.1, 0.15) is 0 Å². The largest absolute Gasteiger partial charge is 0.326 e. The van der Waals surface area contributed by atoms with Crippen LogP contribution in [0.1, 0.15) is 28.9 Å².